The first-order valence-corrected chi connectivity index (χ1v) is 9.65. The van der Waals surface area contributed by atoms with Gasteiger partial charge in [-0.25, -0.2) is 0 Å². The molecule has 0 heterocycles. The summed E-state index contributed by atoms with van der Waals surface area (Å²) in [6.45, 7) is 8.46. The van der Waals surface area contributed by atoms with Crippen LogP contribution < -0.4 is 5.19 Å². The largest absolute Gasteiger partial charge is 0.416 e. The Kier molecular flexibility index (Phi) is 4.10. The maximum absolute atomic E-state index is 12.6. The second-order valence-corrected chi connectivity index (χ2v) is 9.98. The Balaban J connectivity index is 2.32. The van der Waals surface area contributed by atoms with Crippen LogP contribution in [0, 0.1) is 0 Å². The van der Waals surface area contributed by atoms with E-state index in [2.05, 4.69) is 31.8 Å². The Hall–Kier alpha value is -1.81. The van der Waals surface area contributed by atoms with Crippen molar-refractivity contribution in [2.45, 2.75) is 19.3 Å². The summed E-state index contributed by atoms with van der Waals surface area (Å²) in [7, 11) is -1.96. The first-order chi connectivity index (χ1) is 9.73. The summed E-state index contributed by atoms with van der Waals surface area (Å²) >= 11 is 0. The van der Waals surface area contributed by atoms with Gasteiger partial charge < -0.3 is 0 Å². The number of halogens is 3. The van der Waals surface area contributed by atoms with Gasteiger partial charge >= 0.3 is 6.18 Å². The molecule has 0 fully saturated rings. The highest BCUT2D eigenvalue weighted by molar-refractivity contribution is 7.04. The fourth-order valence-corrected chi connectivity index (χ4v) is 4.51. The summed E-state index contributed by atoms with van der Waals surface area (Å²) in [5.74, 6) is 0. The van der Waals surface area contributed by atoms with E-state index in [1.54, 1.807) is 0 Å². The van der Waals surface area contributed by atoms with Crippen molar-refractivity contribution >= 4 is 18.5 Å². The normalized spacial score (nSPS) is 12.2. The zero-order chi connectivity index (χ0) is 15.7. The van der Waals surface area contributed by atoms with E-state index in [0.29, 0.717) is 0 Å². The molecule has 2 aromatic carbocycles. The van der Waals surface area contributed by atoms with Crippen molar-refractivity contribution in [1.29, 1.82) is 0 Å². The van der Waals surface area contributed by atoms with E-state index < -0.39 is 19.8 Å². The minimum Gasteiger partial charge on any atom is -0.166 e. The topological polar surface area (TPSA) is 0 Å². The van der Waals surface area contributed by atoms with Crippen molar-refractivity contribution in [1.82, 2.24) is 0 Å². The highest BCUT2D eigenvalue weighted by atomic mass is 28.3. The summed E-state index contributed by atoms with van der Waals surface area (Å²) < 4.78 is 37.8. The Bertz CT molecular complexity index is 625. The highest BCUT2D eigenvalue weighted by Crippen LogP contribution is 2.31. The molecule has 4 heteroatoms. The average molecular weight is 306 g/mol. The minimum atomic E-state index is -4.30. The van der Waals surface area contributed by atoms with Gasteiger partial charge in [0.2, 0.25) is 0 Å². The molecule has 0 unspecified atom stereocenters. The van der Waals surface area contributed by atoms with E-state index in [9.17, 15) is 13.2 Å². The molecule has 2 aromatic rings. The molecule has 0 nitrogen and oxygen atoms in total. The molecule has 0 aliphatic heterocycles. The molecule has 0 saturated carbocycles. The molecule has 0 aliphatic carbocycles. The van der Waals surface area contributed by atoms with E-state index in [1.165, 1.54) is 17.3 Å². The molecular formula is C17H17F3Si. The van der Waals surface area contributed by atoms with Crippen LogP contribution in [-0.4, -0.2) is 8.07 Å². The lowest BCUT2D eigenvalue weighted by Crippen LogP contribution is -2.42. The predicted molar refractivity (Wildman–Crippen MR) is 84.0 cm³/mol. The smallest absolute Gasteiger partial charge is 0.166 e. The number of hydrogen-bond acceptors (Lipinski definition) is 0. The van der Waals surface area contributed by atoms with Crippen LogP contribution in [0.4, 0.5) is 13.2 Å². The van der Waals surface area contributed by atoms with Crippen molar-refractivity contribution < 1.29 is 13.2 Å². The van der Waals surface area contributed by atoms with Crippen molar-refractivity contribution in [3.05, 3.63) is 72.3 Å². The van der Waals surface area contributed by atoms with Crippen LogP contribution >= 0.6 is 0 Å². The van der Waals surface area contributed by atoms with E-state index in [0.717, 1.165) is 22.9 Å². The van der Waals surface area contributed by atoms with Gasteiger partial charge in [-0.05, 0) is 17.7 Å². The molecule has 0 aliphatic rings. The fraction of sp³-hybridized carbons (Fsp3) is 0.176. The van der Waals surface area contributed by atoms with Crippen LogP contribution in [0.5, 0.6) is 0 Å². The lowest BCUT2D eigenvalue weighted by molar-refractivity contribution is -0.137. The number of alkyl halides is 3. The van der Waals surface area contributed by atoms with E-state index in [4.69, 9.17) is 0 Å². The monoisotopic (exact) mass is 306 g/mol. The number of benzene rings is 2. The molecule has 21 heavy (non-hydrogen) atoms. The maximum atomic E-state index is 12.6. The molecule has 0 N–H and O–H groups in total. The third-order valence-electron chi connectivity index (χ3n) is 3.81. The Labute approximate surface area is 124 Å². The van der Waals surface area contributed by atoms with Crippen LogP contribution in [0.3, 0.4) is 0 Å². The summed E-state index contributed by atoms with van der Waals surface area (Å²) in [5.41, 5.74) is 0.154. The third-order valence-corrected chi connectivity index (χ3v) is 7.38. The first-order valence-electron chi connectivity index (χ1n) is 6.65. The van der Waals surface area contributed by atoms with Gasteiger partial charge in [-0.15, -0.1) is 0 Å². The predicted octanol–water partition coefficient (Wildman–Crippen LogP) is 4.87. The molecule has 0 bridgehead atoms. The van der Waals surface area contributed by atoms with Crippen molar-refractivity contribution in [3.63, 3.8) is 0 Å². The summed E-state index contributed by atoms with van der Waals surface area (Å²) in [6, 6.07) is 15.3. The molecule has 0 radical (unpaired) electrons. The zero-order valence-corrected chi connectivity index (χ0v) is 13.0. The van der Waals surface area contributed by atoms with Gasteiger partial charge in [0.05, 0.1) is 5.56 Å². The van der Waals surface area contributed by atoms with Gasteiger partial charge in [-0.2, -0.15) is 13.2 Å². The second kappa shape index (κ2) is 5.52. The molecule has 110 valence electrons. The lowest BCUT2D eigenvalue weighted by Gasteiger charge is -2.26. The van der Waals surface area contributed by atoms with Gasteiger partial charge in [-0.3, -0.25) is 0 Å². The molecular weight excluding hydrogens is 289 g/mol. The highest BCUT2D eigenvalue weighted by Gasteiger charge is 2.31. The molecule has 0 spiro atoms. The fourth-order valence-electron chi connectivity index (χ4n) is 2.25. The van der Waals surface area contributed by atoms with Crippen LogP contribution in [0.2, 0.25) is 13.1 Å². The second-order valence-electron chi connectivity index (χ2n) is 5.54. The lowest BCUT2D eigenvalue weighted by atomic mass is 10.1. The first kappa shape index (κ1) is 15.6. The zero-order valence-electron chi connectivity index (χ0n) is 12.0. The van der Waals surface area contributed by atoms with Gasteiger partial charge in [0, 0.05) is 0 Å². The Morgan fingerprint density at radius 3 is 1.90 bits per heavy atom. The Morgan fingerprint density at radius 2 is 1.43 bits per heavy atom. The van der Waals surface area contributed by atoms with Crippen LogP contribution in [0.25, 0.3) is 5.20 Å². The van der Waals surface area contributed by atoms with Crippen molar-refractivity contribution in [2.24, 2.45) is 0 Å². The van der Waals surface area contributed by atoms with E-state index >= 15 is 0 Å². The average Bonchev–Trinajstić information content (AvgIpc) is 2.46. The summed E-state index contributed by atoms with van der Waals surface area (Å²) in [5, 5.41) is 2.15. The maximum Gasteiger partial charge on any atom is 0.416 e. The Morgan fingerprint density at radius 1 is 0.905 bits per heavy atom. The SMILES string of the molecule is C=C(c1ccc(C(F)(F)F)cc1)[Si](C)(C)c1ccccc1. The van der Waals surface area contributed by atoms with Gasteiger partial charge in [0.25, 0.3) is 0 Å². The van der Waals surface area contributed by atoms with Crippen LogP contribution in [-0.2, 0) is 6.18 Å². The third kappa shape index (κ3) is 3.27. The summed E-state index contributed by atoms with van der Waals surface area (Å²) in [6.07, 6.45) is -4.30. The molecule has 0 saturated heterocycles. The van der Waals surface area contributed by atoms with Crippen LogP contribution in [0.1, 0.15) is 11.1 Å². The van der Waals surface area contributed by atoms with Crippen molar-refractivity contribution in [3.8, 4) is 0 Å². The van der Waals surface area contributed by atoms with Crippen LogP contribution in [0.15, 0.2) is 61.2 Å². The van der Waals surface area contributed by atoms with E-state index in [-0.39, 0.29) is 0 Å². The van der Waals surface area contributed by atoms with Crippen molar-refractivity contribution in [2.75, 3.05) is 0 Å². The minimum absolute atomic E-state index is 0.627. The molecule has 0 atom stereocenters. The molecule has 2 rings (SSSR count). The van der Waals surface area contributed by atoms with Gasteiger partial charge in [0.15, 0.2) is 0 Å². The number of hydrogen-bond donors (Lipinski definition) is 0. The van der Waals surface area contributed by atoms with E-state index in [1.807, 2.05) is 18.2 Å². The standard InChI is InChI=1S/C17H17F3Si/c1-13(21(2,3)16-7-5-4-6-8-16)14-9-11-15(12-10-14)17(18,19)20/h4-12H,1H2,2-3H3. The number of rotatable bonds is 3. The quantitative estimate of drug-likeness (QED) is 0.709. The van der Waals surface area contributed by atoms with Gasteiger partial charge in [-0.1, -0.05) is 72.5 Å². The molecule has 0 aromatic heterocycles. The molecule has 0 amide bonds. The van der Waals surface area contributed by atoms with Gasteiger partial charge in [0.1, 0.15) is 8.07 Å². The summed E-state index contributed by atoms with van der Waals surface area (Å²) in [4.78, 5) is 0.